The minimum Gasteiger partial charge on any atom is -0.437 e. The number of hydrogen-bond acceptors (Lipinski definition) is 5. The zero-order valence-electron chi connectivity index (χ0n) is 15.5. The molecule has 0 saturated carbocycles. The highest BCUT2D eigenvalue weighted by molar-refractivity contribution is 6.86. The van der Waals surface area contributed by atoms with Gasteiger partial charge in [-0.15, -0.1) is 0 Å². The van der Waals surface area contributed by atoms with E-state index in [0.29, 0.717) is 6.54 Å². The van der Waals surface area contributed by atoms with Crippen LogP contribution in [0.3, 0.4) is 0 Å². The van der Waals surface area contributed by atoms with Gasteiger partial charge < -0.3 is 23.7 Å². The van der Waals surface area contributed by atoms with Gasteiger partial charge in [-0.05, 0) is 58.3 Å². The molecule has 0 saturated heterocycles. The van der Waals surface area contributed by atoms with Gasteiger partial charge in [-0.2, -0.15) is 0 Å². The van der Waals surface area contributed by atoms with E-state index in [1.807, 2.05) is 0 Å². The van der Waals surface area contributed by atoms with Gasteiger partial charge in [0.1, 0.15) is 0 Å². The molecule has 0 aliphatic carbocycles. The van der Waals surface area contributed by atoms with Crippen LogP contribution in [0.4, 0.5) is 0 Å². The summed E-state index contributed by atoms with van der Waals surface area (Å²) in [5, 5.41) is 3.35. The normalized spacial score (nSPS) is 15.8. The molecule has 1 atom stereocenters. The third-order valence-corrected chi connectivity index (χ3v) is 13.5. The molecule has 9 heteroatoms. The fourth-order valence-electron chi connectivity index (χ4n) is 2.33. The lowest BCUT2D eigenvalue weighted by Crippen LogP contribution is -2.54. The minimum atomic E-state index is -2.20. The van der Waals surface area contributed by atoms with Gasteiger partial charge in [-0.25, -0.2) is 0 Å². The van der Waals surface area contributed by atoms with Crippen LogP contribution >= 0.6 is 0 Å². The molecule has 2 radical (unpaired) electrons. The number of rotatable bonds is 13. The Balaban J connectivity index is 4.64. The summed E-state index contributed by atoms with van der Waals surface area (Å²) in [5.41, 5.74) is 5.50. The van der Waals surface area contributed by atoms with E-state index < -0.39 is 25.4 Å². The smallest absolute Gasteiger partial charge is 0.322 e. The molecule has 0 aromatic rings. The molecule has 1 unspecified atom stereocenters. The van der Waals surface area contributed by atoms with E-state index in [1.165, 1.54) is 0 Å². The first-order chi connectivity index (χ1) is 10.0. The van der Waals surface area contributed by atoms with E-state index >= 15 is 0 Å². The standard InChI is InChI=1S/C13H36N2O3Si4/c1-19-13-16-21(5,6)18-22(7,17-20(2,3)4)12-8-10-15-11-9-14/h15H,8-14H2,1-7H3. The maximum absolute atomic E-state index is 6.53. The van der Waals surface area contributed by atoms with Gasteiger partial charge in [0, 0.05) is 19.3 Å². The van der Waals surface area contributed by atoms with Crippen molar-refractivity contribution in [2.75, 3.05) is 25.9 Å². The van der Waals surface area contributed by atoms with E-state index in [2.05, 4.69) is 51.1 Å². The van der Waals surface area contributed by atoms with Crippen molar-refractivity contribution >= 4 is 35.0 Å². The minimum absolute atomic E-state index is 0.683. The first-order valence-electron chi connectivity index (χ1n) is 8.13. The van der Waals surface area contributed by atoms with Crippen LogP contribution in [0, 0.1) is 0 Å². The molecule has 0 fully saturated rings. The molecule has 22 heavy (non-hydrogen) atoms. The summed E-state index contributed by atoms with van der Waals surface area (Å²) in [5.74, 6) is 0. The molecule has 0 spiro atoms. The molecule has 132 valence electrons. The lowest BCUT2D eigenvalue weighted by molar-refractivity contribution is 0.261. The number of hydrogen-bond donors (Lipinski definition) is 2. The summed E-state index contributed by atoms with van der Waals surface area (Å²) in [4.78, 5) is 0. The van der Waals surface area contributed by atoms with Crippen LogP contribution in [0.5, 0.6) is 0 Å². The van der Waals surface area contributed by atoms with Crippen LogP contribution in [0.15, 0.2) is 0 Å². The lowest BCUT2D eigenvalue weighted by Gasteiger charge is -2.39. The maximum atomic E-state index is 6.53. The largest absolute Gasteiger partial charge is 0.437 e. The summed E-state index contributed by atoms with van der Waals surface area (Å²) in [6.45, 7) is 17.9. The quantitative estimate of drug-likeness (QED) is 0.379. The average Bonchev–Trinajstić information content (AvgIpc) is 2.33. The fourth-order valence-corrected chi connectivity index (χ4v) is 16.0. The van der Waals surface area contributed by atoms with Crippen LogP contribution in [-0.2, 0) is 12.7 Å². The van der Waals surface area contributed by atoms with Crippen LogP contribution in [0.1, 0.15) is 6.42 Å². The molecule has 3 N–H and O–H groups in total. The average molecular weight is 381 g/mol. The Morgan fingerprint density at radius 2 is 1.64 bits per heavy atom. The van der Waals surface area contributed by atoms with Crippen molar-refractivity contribution < 1.29 is 12.7 Å². The zero-order valence-corrected chi connectivity index (χ0v) is 19.5. The van der Waals surface area contributed by atoms with Gasteiger partial charge >= 0.3 is 17.1 Å². The van der Waals surface area contributed by atoms with Crippen molar-refractivity contribution in [3.05, 3.63) is 0 Å². The first-order valence-corrected chi connectivity index (χ1v) is 18.6. The zero-order chi connectivity index (χ0) is 17.3. The fraction of sp³-hybridized carbons (Fsp3) is 1.00. The summed E-state index contributed by atoms with van der Waals surface area (Å²) in [6, 6.07) is 1.00. The van der Waals surface area contributed by atoms with Gasteiger partial charge in [0.05, 0.1) is 9.52 Å². The van der Waals surface area contributed by atoms with E-state index in [9.17, 15) is 0 Å². The molecular weight excluding hydrogens is 344 g/mol. The second-order valence-corrected chi connectivity index (χ2v) is 19.8. The molecule has 0 amide bonds. The highest BCUT2D eigenvalue weighted by atomic mass is 28.5. The highest BCUT2D eigenvalue weighted by Gasteiger charge is 2.42. The highest BCUT2D eigenvalue weighted by Crippen LogP contribution is 2.25. The molecule has 5 nitrogen and oxygen atoms in total. The van der Waals surface area contributed by atoms with E-state index in [4.69, 9.17) is 18.4 Å². The Morgan fingerprint density at radius 3 is 2.14 bits per heavy atom. The third-order valence-electron chi connectivity index (χ3n) is 2.85. The van der Waals surface area contributed by atoms with E-state index in [-0.39, 0.29) is 0 Å². The molecule has 0 aromatic carbocycles. The van der Waals surface area contributed by atoms with Crippen molar-refractivity contribution in [3.8, 4) is 0 Å². The van der Waals surface area contributed by atoms with E-state index in [1.54, 1.807) is 0 Å². The van der Waals surface area contributed by atoms with E-state index in [0.717, 1.165) is 41.3 Å². The topological polar surface area (TPSA) is 65.7 Å². The second-order valence-electron chi connectivity index (χ2n) is 7.13. The Hall–Kier alpha value is 0.668. The predicted octanol–water partition coefficient (Wildman–Crippen LogP) is 2.29. The molecule has 0 aliphatic rings. The van der Waals surface area contributed by atoms with Gasteiger partial charge in [0.25, 0.3) is 0 Å². The summed E-state index contributed by atoms with van der Waals surface area (Å²) >= 11 is 0. The molecule has 0 aromatic heterocycles. The number of nitrogens with one attached hydrogen (secondary N) is 1. The molecular formula is C13H36N2O3Si4. The molecule has 0 heterocycles. The Morgan fingerprint density at radius 1 is 1.00 bits per heavy atom. The van der Waals surface area contributed by atoms with Crippen molar-refractivity contribution in [3.63, 3.8) is 0 Å². The predicted molar refractivity (Wildman–Crippen MR) is 104 cm³/mol. The van der Waals surface area contributed by atoms with Gasteiger partial charge in [0.2, 0.25) is 0 Å². The van der Waals surface area contributed by atoms with Gasteiger partial charge in [-0.3, -0.25) is 0 Å². The SMILES string of the molecule is C[Si]CO[Si](C)(C)O[Si](C)(CCCNCCN)O[Si](C)(C)C. The molecule has 0 aliphatic heterocycles. The van der Waals surface area contributed by atoms with Crippen LogP contribution in [0.2, 0.25) is 51.9 Å². The van der Waals surface area contributed by atoms with Gasteiger partial charge in [0.15, 0.2) is 8.32 Å². The van der Waals surface area contributed by atoms with Crippen molar-refractivity contribution in [1.29, 1.82) is 0 Å². The first kappa shape index (κ1) is 22.7. The van der Waals surface area contributed by atoms with Crippen molar-refractivity contribution in [2.45, 2.75) is 58.3 Å². The number of nitrogens with two attached hydrogens (primary N) is 1. The Labute approximate surface area is 143 Å². The van der Waals surface area contributed by atoms with Crippen LogP contribution in [-0.4, -0.2) is 60.8 Å². The van der Waals surface area contributed by atoms with Gasteiger partial charge in [-0.1, -0.05) is 6.55 Å². The van der Waals surface area contributed by atoms with Crippen LogP contribution in [0.25, 0.3) is 0 Å². The van der Waals surface area contributed by atoms with Crippen LogP contribution < -0.4 is 11.1 Å². The summed E-state index contributed by atoms with van der Waals surface area (Å²) in [7, 11) is -5.14. The monoisotopic (exact) mass is 380 g/mol. The molecule has 0 bridgehead atoms. The Bertz CT molecular complexity index is 304. The Kier molecular flexibility index (Phi) is 10.8. The van der Waals surface area contributed by atoms with Crippen molar-refractivity contribution in [1.82, 2.24) is 5.32 Å². The van der Waals surface area contributed by atoms with Crippen molar-refractivity contribution in [2.24, 2.45) is 5.73 Å². The second kappa shape index (κ2) is 10.5. The third kappa shape index (κ3) is 12.1. The molecule has 0 rings (SSSR count). The lowest BCUT2D eigenvalue weighted by atomic mass is 10.5. The summed E-state index contributed by atoms with van der Waals surface area (Å²) < 4.78 is 19.0. The maximum Gasteiger partial charge on any atom is 0.322 e. The summed E-state index contributed by atoms with van der Waals surface area (Å²) in [6.07, 6.45) is 1.86.